The molecule has 3 aromatic rings. The molecule has 6 nitrogen and oxygen atoms in total. The number of aromatic amines is 1. The zero-order chi connectivity index (χ0) is 22.5. The van der Waals surface area contributed by atoms with Gasteiger partial charge < -0.3 is 19.8 Å². The molecule has 1 aliphatic rings. The van der Waals surface area contributed by atoms with Gasteiger partial charge in [-0.05, 0) is 86.7 Å². The van der Waals surface area contributed by atoms with Crippen LogP contribution in [0, 0.1) is 0 Å². The standard InChI is InChI=1S/C26H33N3O3/c1-18(26(30)27-13-10-19-4-6-21(31-2)7-5-19)29-14-11-20(12-15-29)24-17-28-25-9-8-22(32-3)16-23(24)25/h4-9,16-18,20,28H,10-15H2,1-3H3,(H,27,30). The number of piperidine rings is 1. The molecular weight excluding hydrogens is 402 g/mol. The summed E-state index contributed by atoms with van der Waals surface area (Å²) in [6.45, 7) is 4.51. The van der Waals surface area contributed by atoms with E-state index in [0.717, 1.165) is 49.4 Å². The number of aromatic nitrogens is 1. The van der Waals surface area contributed by atoms with E-state index in [0.29, 0.717) is 12.5 Å². The summed E-state index contributed by atoms with van der Waals surface area (Å²) in [5.74, 6) is 2.34. The molecule has 1 saturated heterocycles. The Morgan fingerprint density at radius 3 is 2.47 bits per heavy atom. The van der Waals surface area contributed by atoms with Crippen molar-refractivity contribution in [2.24, 2.45) is 0 Å². The number of H-pyrrole nitrogens is 1. The molecular formula is C26H33N3O3. The van der Waals surface area contributed by atoms with E-state index >= 15 is 0 Å². The SMILES string of the molecule is COc1ccc(CCNC(=O)C(C)N2CCC(c3c[nH]c4ccc(OC)cc34)CC2)cc1. The maximum absolute atomic E-state index is 12.7. The first-order valence-electron chi connectivity index (χ1n) is 11.4. The lowest BCUT2D eigenvalue weighted by Crippen LogP contribution is -2.48. The lowest BCUT2D eigenvalue weighted by atomic mass is 9.88. The second kappa shape index (κ2) is 10.1. The zero-order valence-corrected chi connectivity index (χ0v) is 19.2. The lowest BCUT2D eigenvalue weighted by Gasteiger charge is -2.35. The number of carbonyl (C=O) groups excluding carboxylic acids is 1. The predicted octanol–water partition coefficient (Wildman–Crippen LogP) is 4.11. The van der Waals surface area contributed by atoms with E-state index in [9.17, 15) is 4.79 Å². The van der Waals surface area contributed by atoms with Gasteiger partial charge in [0.15, 0.2) is 0 Å². The number of hydrogen-bond donors (Lipinski definition) is 2. The highest BCUT2D eigenvalue weighted by Gasteiger charge is 2.28. The zero-order valence-electron chi connectivity index (χ0n) is 19.2. The van der Waals surface area contributed by atoms with Gasteiger partial charge in [0.25, 0.3) is 0 Å². The fourth-order valence-corrected chi connectivity index (χ4v) is 4.62. The van der Waals surface area contributed by atoms with Gasteiger partial charge in [0, 0.05) is 23.6 Å². The predicted molar refractivity (Wildman–Crippen MR) is 128 cm³/mol. The van der Waals surface area contributed by atoms with Crippen molar-refractivity contribution in [3.8, 4) is 11.5 Å². The highest BCUT2D eigenvalue weighted by Crippen LogP contribution is 2.35. The Labute approximate surface area is 189 Å². The number of ether oxygens (including phenoxy) is 2. The van der Waals surface area contributed by atoms with Gasteiger partial charge in [0.05, 0.1) is 20.3 Å². The minimum absolute atomic E-state index is 0.105. The van der Waals surface area contributed by atoms with Crippen molar-refractivity contribution in [2.75, 3.05) is 33.9 Å². The molecule has 1 aliphatic heterocycles. The number of benzene rings is 2. The van der Waals surface area contributed by atoms with E-state index in [4.69, 9.17) is 9.47 Å². The van der Waals surface area contributed by atoms with Crippen LogP contribution in [0.5, 0.6) is 11.5 Å². The summed E-state index contributed by atoms with van der Waals surface area (Å²) in [6.07, 6.45) is 5.05. The second-order valence-electron chi connectivity index (χ2n) is 8.53. The average Bonchev–Trinajstić information content (AvgIpc) is 3.27. The number of hydrogen-bond acceptors (Lipinski definition) is 4. The van der Waals surface area contributed by atoms with E-state index in [2.05, 4.69) is 33.5 Å². The minimum atomic E-state index is -0.116. The Balaban J connectivity index is 1.27. The molecule has 0 bridgehead atoms. The number of methoxy groups -OCH3 is 2. The second-order valence-corrected chi connectivity index (χ2v) is 8.53. The van der Waals surface area contributed by atoms with Crippen LogP contribution >= 0.6 is 0 Å². The molecule has 0 radical (unpaired) electrons. The highest BCUT2D eigenvalue weighted by atomic mass is 16.5. The average molecular weight is 436 g/mol. The van der Waals surface area contributed by atoms with Crippen LogP contribution in [0.3, 0.4) is 0 Å². The Hall–Kier alpha value is -2.99. The summed E-state index contributed by atoms with van der Waals surface area (Å²) in [4.78, 5) is 18.4. The summed E-state index contributed by atoms with van der Waals surface area (Å²) in [7, 11) is 3.37. The minimum Gasteiger partial charge on any atom is -0.497 e. The van der Waals surface area contributed by atoms with E-state index < -0.39 is 0 Å². The van der Waals surface area contributed by atoms with Crippen LogP contribution in [0.25, 0.3) is 10.9 Å². The maximum atomic E-state index is 12.7. The van der Waals surface area contributed by atoms with E-state index in [1.165, 1.54) is 16.5 Å². The molecule has 1 unspecified atom stereocenters. The van der Waals surface area contributed by atoms with Crippen LogP contribution in [-0.2, 0) is 11.2 Å². The largest absolute Gasteiger partial charge is 0.497 e. The Morgan fingerprint density at radius 1 is 1.09 bits per heavy atom. The van der Waals surface area contributed by atoms with E-state index in [1.807, 2.05) is 37.3 Å². The van der Waals surface area contributed by atoms with Crippen molar-refractivity contribution >= 4 is 16.8 Å². The van der Waals surface area contributed by atoms with E-state index in [-0.39, 0.29) is 11.9 Å². The molecule has 6 heteroatoms. The Kier molecular flexibility index (Phi) is 7.00. The van der Waals surface area contributed by atoms with Crippen molar-refractivity contribution < 1.29 is 14.3 Å². The number of amides is 1. The monoisotopic (exact) mass is 435 g/mol. The van der Waals surface area contributed by atoms with E-state index in [1.54, 1.807) is 14.2 Å². The van der Waals surface area contributed by atoms with Gasteiger partial charge in [0.1, 0.15) is 11.5 Å². The summed E-state index contributed by atoms with van der Waals surface area (Å²) in [6, 6.07) is 14.0. The van der Waals surface area contributed by atoms with Crippen LogP contribution in [0.15, 0.2) is 48.7 Å². The first-order valence-corrected chi connectivity index (χ1v) is 11.4. The number of nitrogens with zero attached hydrogens (tertiary/aromatic N) is 1. The molecule has 2 aromatic carbocycles. The van der Waals surface area contributed by atoms with Crippen molar-refractivity contribution in [3.05, 3.63) is 59.8 Å². The summed E-state index contributed by atoms with van der Waals surface area (Å²) in [5.41, 5.74) is 3.69. The molecule has 2 heterocycles. The summed E-state index contributed by atoms with van der Waals surface area (Å²) >= 11 is 0. The molecule has 0 aliphatic carbocycles. The number of nitrogens with one attached hydrogen (secondary N) is 2. The molecule has 4 rings (SSSR count). The molecule has 170 valence electrons. The van der Waals surface area contributed by atoms with Crippen LogP contribution < -0.4 is 14.8 Å². The first-order chi connectivity index (χ1) is 15.6. The smallest absolute Gasteiger partial charge is 0.237 e. The van der Waals surface area contributed by atoms with Gasteiger partial charge >= 0.3 is 0 Å². The van der Waals surface area contributed by atoms with Crippen molar-refractivity contribution in [2.45, 2.75) is 38.1 Å². The fourth-order valence-electron chi connectivity index (χ4n) is 4.62. The van der Waals surface area contributed by atoms with Gasteiger partial charge in [-0.1, -0.05) is 12.1 Å². The third-order valence-corrected chi connectivity index (χ3v) is 6.69. The molecule has 32 heavy (non-hydrogen) atoms. The van der Waals surface area contributed by atoms with Crippen LogP contribution in [0.4, 0.5) is 0 Å². The number of fused-ring (bicyclic) bond motifs is 1. The van der Waals surface area contributed by atoms with Crippen molar-refractivity contribution in [3.63, 3.8) is 0 Å². The van der Waals surface area contributed by atoms with Crippen molar-refractivity contribution in [1.29, 1.82) is 0 Å². The fraction of sp³-hybridized carbons (Fsp3) is 0.423. The van der Waals surface area contributed by atoms with Crippen molar-refractivity contribution in [1.82, 2.24) is 15.2 Å². The van der Waals surface area contributed by atoms with Gasteiger partial charge in [-0.15, -0.1) is 0 Å². The summed E-state index contributed by atoms with van der Waals surface area (Å²) < 4.78 is 10.6. The van der Waals surface area contributed by atoms with Crippen LogP contribution in [-0.4, -0.2) is 55.7 Å². The third kappa shape index (κ3) is 4.91. The third-order valence-electron chi connectivity index (χ3n) is 6.69. The number of carbonyl (C=O) groups is 1. The normalized spacial score (nSPS) is 16.1. The molecule has 2 N–H and O–H groups in total. The molecule has 0 saturated carbocycles. The summed E-state index contributed by atoms with van der Waals surface area (Å²) in [5, 5.41) is 4.34. The molecule has 1 aromatic heterocycles. The first kappa shape index (κ1) is 22.2. The van der Waals surface area contributed by atoms with Crippen LogP contribution in [0.2, 0.25) is 0 Å². The van der Waals surface area contributed by atoms with Gasteiger partial charge in [-0.3, -0.25) is 9.69 Å². The Morgan fingerprint density at radius 2 is 1.78 bits per heavy atom. The number of rotatable bonds is 8. The molecule has 0 spiro atoms. The van der Waals surface area contributed by atoms with Gasteiger partial charge in [-0.25, -0.2) is 0 Å². The lowest BCUT2D eigenvalue weighted by molar-refractivity contribution is -0.126. The Bertz CT molecular complexity index is 1040. The molecule has 1 fully saturated rings. The number of likely N-dealkylation sites (tertiary alicyclic amines) is 1. The quantitative estimate of drug-likeness (QED) is 0.559. The molecule has 1 atom stereocenters. The highest BCUT2D eigenvalue weighted by molar-refractivity contribution is 5.85. The van der Waals surface area contributed by atoms with Gasteiger partial charge in [0.2, 0.25) is 5.91 Å². The maximum Gasteiger partial charge on any atom is 0.237 e. The van der Waals surface area contributed by atoms with Gasteiger partial charge in [-0.2, -0.15) is 0 Å². The topological polar surface area (TPSA) is 66.6 Å². The molecule has 1 amide bonds. The van der Waals surface area contributed by atoms with Crippen LogP contribution in [0.1, 0.15) is 36.8 Å².